The summed E-state index contributed by atoms with van der Waals surface area (Å²) in [7, 11) is 0. The summed E-state index contributed by atoms with van der Waals surface area (Å²) in [6.45, 7) is 0. The lowest BCUT2D eigenvalue weighted by Gasteiger charge is -1.95. The number of pyridine rings is 1. The van der Waals surface area contributed by atoms with Crippen molar-refractivity contribution in [3.63, 3.8) is 0 Å². The molecule has 5 nitrogen and oxygen atoms in total. The Bertz CT molecular complexity index is 807. The minimum Gasteiger partial charge on any atom is -0.334 e. The maximum absolute atomic E-state index is 8.90. The molecule has 2 heterocycles. The van der Waals surface area contributed by atoms with Gasteiger partial charge in [0.2, 0.25) is 5.82 Å². The molecule has 0 saturated carbocycles. The molecule has 1 aromatic carbocycles. The average Bonchev–Trinajstić information content (AvgIpc) is 2.97. The molecule has 0 bridgehead atoms. The van der Waals surface area contributed by atoms with E-state index in [4.69, 9.17) is 9.78 Å². The number of nitrogens with zero attached hydrogens (tertiary/aromatic N) is 4. The Morgan fingerprint density at radius 3 is 2.90 bits per heavy atom. The van der Waals surface area contributed by atoms with E-state index in [0.29, 0.717) is 28.5 Å². The van der Waals surface area contributed by atoms with Crippen LogP contribution in [0.1, 0.15) is 5.56 Å². The van der Waals surface area contributed by atoms with Crippen LogP contribution in [0.4, 0.5) is 0 Å². The number of hydrogen-bond donors (Lipinski definition) is 0. The standard InChI is InChI=1S/C14H7BrN4O/c15-11-5-2-6-17-12(11)13-18-14(20-19-13)10-4-1-3-9(7-10)8-16/h1-7H. The predicted molar refractivity (Wildman–Crippen MR) is 75.4 cm³/mol. The van der Waals surface area contributed by atoms with Crippen molar-refractivity contribution in [2.24, 2.45) is 0 Å². The summed E-state index contributed by atoms with van der Waals surface area (Å²) >= 11 is 3.39. The number of benzene rings is 1. The summed E-state index contributed by atoms with van der Waals surface area (Å²) in [6, 6.07) is 12.7. The highest BCUT2D eigenvalue weighted by atomic mass is 79.9. The minimum absolute atomic E-state index is 0.356. The SMILES string of the molecule is N#Cc1cccc(-c2nc(-c3ncccc3Br)no2)c1. The van der Waals surface area contributed by atoms with Gasteiger partial charge >= 0.3 is 0 Å². The first kappa shape index (κ1) is 12.5. The van der Waals surface area contributed by atoms with Crippen molar-refractivity contribution in [3.05, 3.63) is 52.6 Å². The molecular formula is C14H7BrN4O. The second-order valence-electron chi connectivity index (χ2n) is 3.95. The molecule has 0 atom stereocenters. The highest BCUT2D eigenvalue weighted by molar-refractivity contribution is 9.10. The van der Waals surface area contributed by atoms with Crippen LogP contribution in [0.2, 0.25) is 0 Å². The molecule has 20 heavy (non-hydrogen) atoms. The van der Waals surface area contributed by atoms with Crippen molar-refractivity contribution in [3.8, 4) is 29.0 Å². The largest absolute Gasteiger partial charge is 0.334 e. The fourth-order valence-corrected chi connectivity index (χ4v) is 2.14. The summed E-state index contributed by atoms with van der Waals surface area (Å²) in [6.07, 6.45) is 1.66. The van der Waals surface area contributed by atoms with Crippen molar-refractivity contribution >= 4 is 15.9 Å². The molecule has 96 valence electrons. The highest BCUT2D eigenvalue weighted by Gasteiger charge is 2.14. The van der Waals surface area contributed by atoms with Gasteiger partial charge in [-0.15, -0.1) is 0 Å². The molecule has 0 N–H and O–H groups in total. The minimum atomic E-state index is 0.356. The van der Waals surface area contributed by atoms with Crippen LogP contribution in [-0.4, -0.2) is 15.1 Å². The molecular weight excluding hydrogens is 320 g/mol. The maximum Gasteiger partial charge on any atom is 0.258 e. The molecule has 6 heteroatoms. The van der Waals surface area contributed by atoms with Crippen molar-refractivity contribution in [2.45, 2.75) is 0 Å². The Morgan fingerprint density at radius 1 is 1.20 bits per heavy atom. The Hall–Kier alpha value is -2.52. The zero-order chi connectivity index (χ0) is 13.9. The van der Waals surface area contributed by atoms with Gasteiger partial charge in [-0.05, 0) is 46.3 Å². The number of aromatic nitrogens is 3. The lowest BCUT2D eigenvalue weighted by molar-refractivity contribution is 0.432. The second kappa shape index (κ2) is 5.23. The lowest BCUT2D eigenvalue weighted by atomic mass is 10.1. The Morgan fingerprint density at radius 2 is 2.10 bits per heavy atom. The van der Waals surface area contributed by atoms with Gasteiger partial charge < -0.3 is 4.52 Å². The van der Waals surface area contributed by atoms with Crippen LogP contribution >= 0.6 is 15.9 Å². The zero-order valence-electron chi connectivity index (χ0n) is 10.1. The number of hydrogen-bond acceptors (Lipinski definition) is 5. The van der Waals surface area contributed by atoms with Gasteiger partial charge in [0.25, 0.3) is 5.89 Å². The third kappa shape index (κ3) is 2.31. The van der Waals surface area contributed by atoms with Gasteiger partial charge in [-0.3, -0.25) is 4.98 Å². The first-order valence-electron chi connectivity index (χ1n) is 5.73. The molecule has 0 spiro atoms. The first-order chi connectivity index (χ1) is 9.78. The van der Waals surface area contributed by atoms with Crippen LogP contribution in [0.5, 0.6) is 0 Å². The molecule has 0 fully saturated rings. The van der Waals surface area contributed by atoms with Gasteiger partial charge in [0.15, 0.2) is 0 Å². The van der Waals surface area contributed by atoms with Gasteiger partial charge in [-0.25, -0.2) is 0 Å². The van der Waals surface area contributed by atoms with E-state index in [2.05, 4.69) is 37.1 Å². The fourth-order valence-electron chi connectivity index (χ4n) is 1.71. The van der Waals surface area contributed by atoms with Crippen molar-refractivity contribution in [1.29, 1.82) is 5.26 Å². The van der Waals surface area contributed by atoms with Gasteiger partial charge in [-0.1, -0.05) is 11.2 Å². The first-order valence-corrected chi connectivity index (χ1v) is 6.52. The fraction of sp³-hybridized carbons (Fsp3) is 0. The van der Waals surface area contributed by atoms with Gasteiger partial charge in [0.1, 0.15) is 5.69 Å². The summed E-state index contributed by atoms with van der Waals surface area (Å²) in [4.78, 5) is 8.51. The van der Waals surface area contributed by atoms with Crippen molar-refractivity contribution < 1.29 is 4.52 Å². The monoisotopic (exact) mass is 326 g/mol. The molecule has 0 saturated heterocycles. The Labute approximate surface area is 123 Å². The molecule has 0 aliphatic carbocycles. The van der Waals surface area contributed by atoms with Crippen LogP contribution in [0.3, 0.4) is 0 Å². The van der Waals surface area contributed by atoms with E-state index in [-0.39, 0.29) is 0 Å². The van der Waals surface area contributed by atoms with Crippen LogP contribution in [0, 0.1) is 11.3 Å². The summed E-state index contributed by atoms with van der Waals surface area (Å²) in [5.41, 5.74) is 1.86. The quantitative estimate of drug-likeness (QED) is 0.721. The predicted octanol–water partition coefficient (Wildman–Crippen LogP) is 3.43. The van der Waals surface area contributed by atoms with Crippen LogP contribution in [0.25, 0.3) is 23.0 Å². The van der Waals surface area contributed by atoms with Crippen LogP contribution < -0.4 is 0 Å². The van der Waals surface area contributed by atoms with Gasteiger partial charge in [0, 0.05) is 16.2 Å². The Kier molecular flexibility index (Phi) is 3.27. The summed E-state index contributed by atoms with van der Waals surface area (Å²) in [5.74, 6) is 0.754. The molecule has 0 aliphatic rings. The number of rotatable bonds is 2. The van der Waals surface area contributed by atoms with E-state index in [9.17, 15) is 0 Å². The third-order valence-electron chi connectivity index (χ3n) is 2.63. The lowest BCUT2D eigenvalue weighted by Crippen LogP contribution is -1.86. The highest BCUT2D eigenvalue weighted by Crippen LogP contribution is 2.26. The van der Waals surface area contributed by atoms with Crippen LogP contribution in [-0.2, 0) is 0 Å². The van der Waals surface area contributed by atoms with E-state index in [1.807, 2.05) is 18.2 Å². The summed E-state index contributed by atoms with van der Waals surface area (Å²) in [5, 5.41) is 12.8. The second-order valence-corrected chi connectivity index (χ2v) is 4.80. The normalized spacial score (nSPS) is 10.2. The molecule has 0 aliphatic heterocycles. The molecule has 0 unspecified atom stereocenters. The third-order valence-corrected chi connectivity index (χ3v) is 3.27. The van der Waals surface area contributed by atoms with E-state index >= 15 is 0 Å². The molecule has 2 aromatic heterocycles. The van der Waals surface area contributed by atoms with Gasteiger partial charge in [0.05, 0.1) is 11.6 Å². The topological polar surface area (TPSA) is 75.6 Å². The number of nitriles is 1. The van der Waals surface area contributed by atoms with Crippen LogP contribution in [0.15, 0.2) is 51.6 Å². The smallest absolute Gasteiger partial charge is 0.258 e. The molecule has 3 aromatic rings. The van der Waals surface area contributed by atoms with E-state index in [1.165, 1.54) is 0 Å². The molecule has 3 rings (SSSR count). The maximum atomic E-state index is 8.90. The molecule has 0 amide bonds. The number of halogens is 1. The van der Waals surface area contributed by atoms with E-state index in [1.54, 1.807) is 24.4 Å². The van der Waals surface area contributed by atoms with E-state index < -0.39 is 0 Å². The Balaban J connectivity index is 2.02. The summed E-state index contributed by atoms with van der Waals surface area (Å²) < 4.78 is 6.02. The van der Waals surface area contributed by atoms with Crippen molar-refractivity contribution in [2.75, 3.05) is 0 Å². The average molecular weight is 327 g/mol. The zero-order valence-corrected chi connectivity index (χ0v) is 11.7. The van der Waals surface area contributed by atoms with Gasteiger partial charge in [-0.2, -0.15) is 10.2 Å². The molecule has 0 radical (unpaired) electrons. The van der Waals surface area contributed by atoms with Crippen molar-refractivity contribution in [1.82, 2.24) is 15.1 Å². The van der Waals surface area contributed by atoms with E-state index in [0.717, 1.165) is 4.47 Å².